The van der Waals surface area contributed by atoms with Gasteiger partial charge < -0.3 is 5.32 Å². The second-order valence-electron chi connectivity index (χ2n) is 5.86. The van der Waals surface area contributed by atoms with Crippen LogP contribution in [0.1, 0.15) is 23.3 Å². The van der Waals surface area contributed by atoms with Crippen molar-refractivity contribution >= 4 is 33.1 Å². The normalized spacial score (nSPS) is 14.2. The van der Waals surface area contributed by atoms with Crippen molar-refractivity contribution in [1.29, 1.82) is 0 Å². The Balaban J connectivity index is 1.89. The summed E-state index contributed by atoms with van der Waals surface area (Å²) in [6.45, 7) is 3.16. The number of anilines is 1. The van der Waals surface area contributed by atoms with Crippen molar-refractivity contribution in [3.8, 4) is 16.3 Å². The lowest BCUT2D eigenvalue weighted by atomic mass is 10.1. The summed E-state index contributed by atoms with van der Waals surface area (Å²) >= 11 is 5.33. The number of aromatic nitrogens is 2. The first kappa shape index (κ1) is 15.0. The SMILES string of the molecule is Cc1ccc(-c2nn(-c3ccc(Br)cc3)c3c2CCCCN3)s1. The van der Waals surface area contributed by atoms with E-state index in [1.807, 2.05) is 11.3 Å². The van der Waals surface area contributed by atoms with E-state index in [1.54, 1.807) is 0 Å². The third-order valence-corrected chi connectivity index (χ3v) is 5.71. The fourth-order valence-electron chi connectivity index (χ4n) is 3.03. The minimum absolute atomic E-state index is 1.01. The summed E-state index contributed by atoms with van der Waals surface area (Å²) in [7, 11) is 0. The van der Waals surface area contributed by atoms with Crippen LogP contribution in [0.15, 0.2) is 40.9 Å². The molecule has 0 saturated heterocycles. The number of rotatable bonds is 2. The Morgan fingerprint density at radius 2 is 1.96 bits per heavy atom. The van der Waals surface area contributed by atoms with Crippen LogP contribution in [-0.2, 0) is 6.42 Å². The van der Waals surface area contributed by atoms with Crippen LogP contribution >= 0.6 is 27.3 Å². The second kappa shape index (κ2) is 6.13. The zero-order valence-electron chi connectivity index (χ0n) is 13.0. The lowest BCUT2D eigenvalue weighted by Crippen LogP contribution is -2.07. The number of benzene rings is 1. The van der Waals surface area contributed by atoms with Crippen LogP contribution in [-0.4, -0.2) is 16.3 Å². The van der Waals surface area contributed by atoms with E-state index in [2.05, 4.69) is 69.3 Å². The van der Waals surface area contributed by atoms with Crippen LogP contribution in [0.5, 0.6) is 0 Å². The molecule has 0 atom stereocenters. The van der Waals surface area contributed by atoms with E-state index in [9.17, 15) is 0 Å². The minimum atomic E-state index is 1.01. The van der Waals surface area contributed by atoms with E-state index < -0.39 is 0 Å². The standard InChI is InChI=1S/C18H18BrN3S/c1-12-5-10-16(23-12)17-15-4-2-3-11-20-18(15)22(21-17)14-8-6-13(19)7-9-14/h5-10,20H,2-4,11H2,1H3. The highest BCUT2D eigenvalue weighted by molar-refractivity contribution is 9.10. The average Bonchev–Trinajstić information content (AvgIpc) is 3.04. The van der Waals surface area contributed by atoms with E-state index in [0.29, 0.717) is 0 Å². The number of halogens is 1. The molecule has 1 aromatic carbocycles. The van der Waals surface area contributed by atoms with Gasteiger partial charge in [0.2, 0.25) is 0 Å². The zero-order chi connectivity index (χ0) is 15.8. The van der Waals surface area contributed by atoms with Gasteiger partial charge in [-0.2, -0.15) is 5.10 Å². The molecule has 0 spiro atoms. The first-order valence-electron chi connectivity index (χ1n) is 7.91. The van der Waals surface area contributed by atoms with Crippen molar-refractivity contribution in [2.75, 3.05) is 11.9 Å². The number of nitrogens with one attached hydrogen (secondary N) is 1. The fraction of sp³-hybridized carbons (Fsp3) is 0.278. The first-order valence-corrected chi connectivity index (χ1v) is 9.52. The van der Waals surface area contributed by atoms with Crippen LogP contribution in [0.25, 0.3) is 16.3 Å². The Morgan fingerprint density at radius 3 is 2.70 bits per heavy atom. The highest BCUT2D eigenvalue weighted by atomic mass is 79.9. The Labute approximate surface area is 148 Å². The van der Waals surface area contributed by atoms with E-state index >= 15 is 0 Å². The molecule has 3 aromatic rings. The monoisotopic (exact) mass is 387 g/mol. The molecule has 1 aliphatic rings. The number of aryl methyl sites for hydroxylation is 1. The lowest BCUT2D eigenvalue weighted by Gasteiger charge is -2.09. The Bertz CT molecular complexity index is 833. The van der Waals surface area contributed by atoms with Crippen molar-refractivity contribution in [1.82, 2.24) is 9.78 Å². The van der Waals surface area contributed by atoms with E-state index in [1.165, 1.54) is 28.2 Å². The number of fused-ring (bicyclic) bond motifs is 1. The minimum Gasteiger partial charge on any atom is -0.370 e. The molecule has 0 radical (unpaired) electrons. The predicted octanol–water partition coefficient (Wildman–Crippen LogP) is 5.42. The first-order chi connectivity index (χ1) is 11.2. The van der Waals surface area contributed by atoms with Gasteiger partial charge >= 0.3 is 0 Å². The van der Waals surface area contributed by atoms with Gasteiger partial charge in [0.05, 0.1) is 10.6 Å². The number of thiophene rings is 1. The molecule has 0 saturated carbocycles. The maximum Gasteiger partial charge on any atom is 0.133 e. The number of hydrogen-bond donors (Lipinski definition) is 1. The van der Waals surface area contributed by atoms with Crippen LogP contribution in [0.4, 0.5) is 5.82 Å². The highest BCUT2D eigenvalue weighted by Crippen LogP contribution is 2.36. The molecule has 3 heterocycles. The van der Waals surface area contributed by atoms with Crippen molar-refractivity contribution in [2.24, 2.45) is 0 Å². The number of nitrogens with zero attached hydrogens (tertiary/aromatic N) is 2. The molecule has 4 rings (SSSR count). The average molecular weight is 388 g/mol. The molecule has 0 aliphatic carbocycles. The summed E-state index contributed by atoms with van der Waals surface area (Å²) in [6.07, 6.45) is 3.51. The summed E-state index contributed by atoms with van der Waals surface area (Å²) in [6, 6.07) is 12.7. The molecule has 0 fully saturated rings. The van der Waals surface area contributed by atoms with Crippen molar-refractivity contribution in [3.63, 3.8) is 0 Å². The van der Waals surface area contributed by atoms with E-state index in [-0.39, 0.29) is 0 Å². The van der Waals surface area contributed by atoms with E-state index in [0.717, 1.165) is 34.6 Å². The molecule has 1 aliphatic heterocycles. The molecular weight excluding hydrogens is 370 g/mol. The van der Waals surface area contributed by atoms with Crippen molar-refractivity contribution < 1.29 is 0 Å². The van der Waals surface area contributed by atoms with E-state index in [4.69, 9.17) is 5.10 Å². The largest absolute Gasteiger partial charge is 0.370 e. The van der Waals surface area contributed by atoms with Gasteiger partial charge in [0, 0.05) is 21.5 Å². The molecule has 0 amide bonds. The summed E-state index contributed by atoms with van der Waals surface area (Å²) in [5.41, 5.74) is 3.58. The fourth-order valence-corrected chi connectivity index (χ4v) is 4.18. The maximum atomic E-state index is 4.97. The summed E-state index contributed by atoms with van der Waals surface area (Å²) in [5.74, 6) is 1.16. The van der Waals surface area contributed by atoms with Crippen LogP contribution in [0, 0.1) is 6.92 Å². The third-order valence-electron chi connectivity index (χ3n) is 4.17. The zero-order valence-corrected chi connectivity index (χ0v) is 15.4. The predicted molar refractivity (Wildman–Crippen MR) is 101 cm³/mol. The quantitative estimate of drug-likeness (QED) is 0.635. The summed E-state index contributed by atoms with van der Waals surface area (Å²) < 4.78 is 3.15. The van der Waals surface area contributed by atoms with Gasteiger partial charge in [-0.3, -0.25) is 0 Å². The molecule has 2 aromatic heterocycles. The smallest absolute Gasteiger partial charge is 0.133 e. The Hall–Kier alpha value is -1.59. The van der Waals surface area contributed by atoms with Gasteiger partial charge in [-0.25, -0.2) is 4.68 Å². The number of hydrogen-bond acceptors (Lipinski definition) is 3. The van der Waals surface area contributed by atoms with Gasteiger partial charge in [-0.05, 0) is 62.6 Å². The summed E-state index contributed by atoms with van der Waals surface area (Å²) in [4.78, 5) is 2.59. The third kappa shape index (κ3) is 2.83. The van der Waals surface area contributed by atoms with Gasteiger partial charge in [0.1, 0.15) is 11.5 Å². The second-order valence-corrected chi connectivity index (χ2v) is 8.06. The molecule has 3 nitrogen and oxygen atoms in total. The van der Waals surface area contributed by atoms with Gasteiger partial charge in [-0.1, -0.05) is 15.9 Å². The molecule has 23 heavy (non-hydrogen) atoms. The van der Waals surface area contributed by atoms with Gasteiger partial charge in [0.25, 0.3) is 0 Å². The van der Waals surface area contributed by atoms with Crippen LogP contribution < -0.4 is 5.32 Å². The summed E-state index contributed by atoms with van der Waals surface area (Å²) in [5, 5.41) is 8.56. The maximum absolute atomic E-state index is 4.97. The van der Waals surface area contributed by atoms with Crippen LogP contribution in [0.2, 0.25) is 0 Å². The molecular formula is C18H18BrN3S. The van der Waals surface area contributed by atoms with Crippen LogP contribution in [0.3, 0.4) is 0 Å². The molecule has 0 bridgehead atoms. The molecule has 1 N–H and O–H groups in total. The van der Waals surface area contributed by atoms with Crippen molar-refractivity contribution in [2.45, 2.75) is 26.2 Å². The van der Waals surface area contributed by atoms with Crippen molar-refractivity contribution in [3.05, 3.63) is 51.3 Å². The van der Waals surface area contributed by atoms with Gasteiger partial charge in [0.15, 0.2) is 0 Å². The molecule has 118 valence electrons. The Morgan fingerprint density at radius 1 is 1.13 bits per heavy atom. The van der Waals surface area contributed by atoms with Gasteiger partial charge in [-0.15, -0.1) is 11.3 Å². The highest BCUT2D eigenvalue weighted by Gasteiger charge is 2.22. The topological polar surface area (TPSA) is 29.9 Å². The molecule has 5 heteroatoms. The lowest BCUT2D eigenvalue weighted by molar-refractivity contribution is 0.780. The Kier molecular flexibility index (Phi) is 3.99. The molecule has 0 unspecified atom stereocenters.